The molecule has 1 N–H and O–H groups in total. The first kappa shape index (κ1) is 20.7. The molecule has 3 nitrogen and oxygen atoms in total. The van der Waals surface area contributed by atoms with Gasteiger partial charge in [0.1, 0.15) is 6.61 Å². The second-order valence-electron chi connectivity index (χ2n) is 6.39. The first-order valence-electron chi connectivity index (χ1n) is 9.14. The van der Waals surface area contributed by atoms with Crippen molar-refractivity contribution in [3.8, 4) is 11.5 Å². The van der Waals surface area contributed by atoms with Crippen molar-refractivity contribution in [3.63, 3.8) is 0 Å². The topological polar surface area (TPSA) is 30.5 Å². The number of hydrogen-bond acceptors (Lipinski definition) is 3. The van der Waals surface area contributed by atoms with Gasteiger partial charge in [-0.25, -0.2) is 0 Å². The molecule has 0 fully saturated rings. The van der Waals surface area contributed by atoms with E-state index in [2.05, 4.69) is 45.5 Å². The van der Waals surface area contributed by atoms with Crippen molar-refractivity contribution >= 4 is 27.5 Å². The Kier molecular flexibility index (Phi) is 7.78. The third kappa shape index (κ3) is 5.74. The summed E-state index contributed by atoms with van der Waals surface area (Å²) in [4.78, 5) is 0. The number of halogens is 2. The molecule has 0 aliphatic carbocycles. The average molecular weight is 461 g/mol. The summed E-state index contributed by atoms with van der Waals surface area (Å²) in [6, 6.07) is 22.0. The van der Waals surface area contributed by atoms with Crippen LogP contribution < -0.4 is 14.8 Å². The van der Waals surface area contributed by atoms with Crippen molar-refractivity contribution in [3.05, 3.63) is 92.9 Å². The van der Waals surface area contributed by atoms with Gasteiger partial charge in [-0.15, -0.1) is 0 Å². The third-order valence-corrected chi connectivity index (χ3v) is 5.37. The van der Waals surface area contributed by atoms with E-state index in [0.29, 0.717) is 23.9 Å². The van der Waals surface area contributed by atoms with Crippen LogP contribution in [0.4, 0.5) is 0 Å². The van der Waals surface area contributed by atoms with Crippen molar-refractivity contribution in [1.82, 2.24) is 5.32 Å². The summed E-state index contributed by atoms with van der Waals surface area (Å²) in [5.41, 5.74) is 3.36. The van der Waals surface area contributed by atoms with Crippen LogP contribution in [0.15, 0.2) is 71.2 Å². The lowest BCUT2D eigenvalue weighted by molar-refractivity contribution is 0.280. The molecule has 0 amide bonds. The molecular formula is C23H23BrClNO2. The largest absolute Gasteiger partial charge is 0.493 e. The van der Waals surface area contributed by atoms with Crippen molar-refractivity contribution in [2.24, 2.45) is 0 Å². The maximum Gasteiger partial charge on any atom is 0.167 e. The van der Waals surface area contributed by atoms with Gasteiger partial charge in [-0.1, -0.05) is 70.0 Å². The van der Waals surface area contributed by atoms with E-state index in [9.17, 15) is 0 Å². The van der Waals surface area contributed by atoms with Gasteiger partial charge in [-0.05, 0) is 48.4 Å². The van der Waals surface area contributed by atoms with E-state index in [4.69, 9.17) is 21.1 Å². The molecule has 0 aliphatic rings. The minimum Gasteiger partial charge on any atom is -0.493 e. The zero-order chi connectivity index (χ0) is 19.8. The number of hydrogen-bond donors (Lipinski definition) is 1. The van der Waals surface area contributed by atoms with Gasteiger partial charge in [0.25, 0.3) is 0 Å². The Hall–Kier alpha value is -2.01. The van der Waals surface area contributed by atoms with E-state index >= 15 is 0 Å². The normalized spacial score (nSPS) is 10.7. The standard InChI is InChI=1S/C23H23BrClNO2/c1-27-22-11-10-21(24)20(15-26-13-12-17-6-3-2-4-7-17)23(22)28-16-18-8-5-9-19(25)14-18/h2-11,14,26H,12-13,15-16H2,1H3. The lowest BCUT2D eigenvalue weighted by Gasteiger charge is -2.17. The van der Waals surface area contributed by atoms with Gasteiger partial charge in [0.15, 0.2) is 11.5 Å². The molecule has 0 saturated carbocycles. The first-order valence-corrected chi connectivity index (χ1v) is 10.3. The van der Waals surface area contributed by atoms with Crippen molar-refractivity contribution in [2.45, 2.75) is 19.6 Å². The number of rotatable bonds is 9. The Morgan fingerprint density at radius 3 is 2.50 bits per heavy atom. The molecule has 28 heavy (non-hydrogen) atoms. The van der Waals surface area contributed by atoms with E-state index in [1.807, 2.05) is 42.5 Å². The fraction of sp³-hybridized carbons (Fsp3) is 0.217. The summed E-state index contributed by atoms with van der Waals surface area (Å²) in [6.45, 7) is 1.97. The maximum atomic E-state index is 6.14. The van der Waals surface area contributed by atoms with Gasteiger partial charge < -0.3 is 14.8 Å². The molecule has 0 aliphatic heterocycles. The molecule has 0 bridgehead atoms. The Balaban J connectivity index is 1.68. The van der Waals surface area contributed by atoms with E-state index in [1.165, 1.54) is 5.56 Å². The molecule has 0 atom stereocenters. The molecular weight excluding hydrogens is 438 g/mol. The van der Waals surface area contributed by atoms with Crippen LogP contribution in [0.5, 0.6) is 11.5 Å². The van der Waals surface area contributed by atoms with Gasteiger partial charge >= 0.3 is 0 Å². The zero-order valence-electron chi connectivity index (χ0n) is 15.8. The molecule has 146 valence electrons. The highest BCUT2D eigenvalue weighted by Crippen LogP contribution is 2.36. The molecule has 3 aromatic rings. The second-order valence-corrected chi connectivity index (χ2v) is 7.68. The highest BCUT2D eigenvalue weighted by atomic mass is 79.9. The average Bonchev–Trinajstić information content (AvgIpc) is 2.71. The Bertz CT molecular complexity index is 902. The number of ether oxygens (including phenoxy) is 2. The summed E-state index contributed by atoms with van der Waals surface area (Å²) in [5.74, 6) is 1.45. The van der Waals surface area contributed by atoms with E-state index in [0.717, 1.165) is 34.3 Å². The van der Waals surface area contributed by atoms with Gasteiger partial charge in [0, 0.05) is 21.6 Å². The van der Waals surface area contributed by atoms with Crippen LogP contribution in [-0.2, 0) is 19.6 Å². The lowest BCUT2D eigenvalue weighted by Crippen LogP contribution is -2.18. The molecule has 3 rings (SSSR count). The highest BCUT2D eigenvalue weighted by Gasteiger charge is 2.15. The molecule has 0 heterocycles. The second kappa shape index (κ2) is 10.5. The summed E-state index contributed by atoms with van der Waals surface area (Å²) in [6.07, 6.45) is 0.973. The Labute approximate surface area is 179 Å². The predicted molar refractivity (Wildman–Crippen MR) is 118 cm³/mol. The minimum absolute atomic E-state index is 0.421. The third-order valence-electron chi connectivity index (χ3n) is 4.39. The lowest BCUT2D eigenvalue weighted by atomic mass is 10.1. The highest BCUT2D eigenvalue weighted by molar-refractivity contribution is 9.10. The number of methoxy groups -OCH3 is 1. The molecule has 0 unspecified atom stereocenters. The van der Waals surface area contributed by atoms with Crippen molar-refractivity contribution in [2.75, 3.05) is 13.7 Å². The van der Waals surface area contributed by atoms with Crippen molar-refractivity contribution in [1.29, 1.82) is 0 Å². The summed E-state index contributed by atoms with van der Waals surface area (Å²) < 4.78 is 12.7. The van der Waals surface area contributed by atoms with Crippen LogP contribution in [0.3, 0.4) is 0 Å². The van der Waals surface area contributed by atoms with Crippen LogP contribution in [0.2, 0.25) is 5.02 Å². The molecule has 5 heteroatoms. The van der Waals surface area contributed by atoms with Crippen LogP contribution in [0, 0.1) is 0 Å². The summed E-state index contributed by atoms with van der Waals surface area (Å²) in [7, 11) is 1.65. The quantitative estimate of drug-likeness (QED) is 0.396. The van der Waals surface area contributed by atoms with Crippen LogP contribution in [-0.4, -0.2) is 13.7 Å². The summed E-state index contributed by atoms with van der Waals surface area (Å²) >= 11 is 9.73. The molecule has 0 radical (unpaired) electrons. The van der Waals surface area contributed by atoms with Crippen LogP contribution in [0.1, 0.15) is 16.7 Å². The molecule has 0 saturated heterocycles. The van der Waals surface area contributed by atoms with Crippen molar-refractivity contribution < 1.29 is 9.47 Å². The SMILES string of the molecule is COc1ccc(Br)c(CNCCc2ccccc2)c1OCc1cccc(Cl)c1. The fourth-order valence-electron chi connectivity index (χ4n) is 2.94. The first-order chi connectivity index (χ1) is 13.7. The van der Waals surface area contributed by atoms with E-state index < -0.39 is 0 Å². The predicted octanol–water partition coefficient (Wildman–Crippen LogP) is 6.02. The fourth-order valence-corrected chi connectivity index (χ4v) is 3.60. The smallest absolute Gasteiger partial charge is 0.167 e. The van der Waals surface area contributed by atoms with E-state index in [-0.39, 0.29) is 0 Å². The summed E-state index contributed by atoms with van der Waals surface area (Å²) in [5, 5.41) is 4.20. The van der Waals surface area contributed by atoms with Crippen LogP contribution >= 0.6 is 27.5 Å². The molecule has 3 aromatic carbocycles. The number of nitrogens with one attached hydrogen (secondary N) is 1. The maximum absolute atomic E-state index is 6.14. The van der Waals surface area contributed by atoms with Gasteiger partial charge in [-0.2, -0.15) is 0 Å². The zero-order valence-corrected chi connectivity index (χ0v) is 18.1. The molecule has 0 spiro atoms. The van der Waals surface area contributed by atoms with Gasteiger partial charge in [-0.3, -0.25) is 0 Å². The van der Waals surface area contributed by atoms with Gasteiger partial charge in [0.2, 0.25) is 0 Å². The van der Waals surface area contributed by atoms with E-state index in [1.54, 1.807) is 7.11 Å². The minimum atomic E-state index is 0.421. The monoisotopic (exact) mass is 459 g/mol. The van der Waals surface area contributed by atoms with Gasteiger partial charge in [0.05, 0.1) is 7.11 Å². The molecule has 0 aromatic heterocycles. The number of benzene rings is 3. The van der Waals surface area contributed by atoms with Crippen LogP contribution in [0.25, 0.3) is 0 Å². The Morgan fingerprint density at radius 1 is 0.964 bits per heavy atom. The Morgan fingerprint density at radius 2 is 1.75 bits per heavy atom.